The first kappa shape index (κ1) is 12.8. The number of rotatable bonds is 2. The first-order valence-electron chi connectivity index (χ1n) is 6.47. The zero-order valence-corrected chi connectivity index (χ0v) is 13.2. The quantitative estimate of drug-likeness (QED) is 0.824. The molecule has 1 aromatic heterocycles. The summed E-state index contributed by atoms with van der Waals surface area (Å²) in [7, 11) is 0. The van der Waals surface area contributed by atoms with Crippen LogP contribution in [0.4, 0.5) is 5.82 Å². The van der Waals surface area contributed by atoms with E-state index in [0.717, 1.165) is 20.7 Å². The van der Waals surface area contributed by atoms with Gasteiger partial charge in [-0.25, -0.2) is 9.97 Å². The lowest BCUT2D eigenvalue weighted by Crippen LogP contribution is -2.04. The van der Waals surface area contributed by atoms with Crippen molar-refractivity contribution in [2.75, 3.05) is 5.73 Å². The number of aromatic nitrogens is 2. The second-order valence-electron chi connectivity index (χ2n) is 5.22. The van der Waals surface area contributed by atoms with E-state index in [4.69, 9.17) is 10.7 Å². The van der Waals surface area contributed by atoms with Crippen molar-refractivity contribution < 1.29 is 0 Å². The number of nitrogens with two attached hydrogens (primary N) is 1. The Morgan fingerprint density at radius 3 is 2.58 bits per heavy atom. The van der Waals surface area contributed by atoms with Crippen molar-refractivity contribution in [2.45, 2.75) is 32.6 Å². The predicted octanol–water partition coefficient (Wildman–Crippen LogP) is 3.82. The Bertz CT molecular complexity index is 648. The van der Waals surface area contributed by atoms with Gasteiger partial charge in [-0.2, -0.15) is 0 Å². The molecule has 0 spiro atoms. The second kappa shape index (κ2) is 4.74. The zero-order valence-electron chi connectivity index (χ0n) is 11.1. The van der Waals surface area contributed by atoms with Gasteiger partial charge in [0.25, 0.3) is 0 Å². The lowest BCUT2D eigenvalue weighted by Gasteiger charge is -2.10. The fourth-order valence-corrected chi connectivity index (χ4v) is 2.98. The SMILES string of the molecule is Cc1ccc(-c2nc(N)c(I)c(C3CC3)n2)c(C)c1. The van der Waals surface area contributed by atoms with E-state index in [0.29, 0.717) is 11.7 Å². The summed E-state index contributed by atoms with van der Waals surface area (Å²) in [6, 6.07) is 6.34. The molecule has 1 aliphatic rings. The van der Waals surface area contributed by atoms with Crippen molar-refractivity contribution in [1.82, 2.24) is 9.97 Å². The van der Waals surface area contributed by atoms with E-state index in [2.05, 4.69) is 59.6 Å². The van der Waals surface area contributed by atoms with Crippen LogP contribution in [0, 0.1) is 17.4 Å². The molecule has 98 valence electrons. The number of nitrogen functional groups attached to an aromatic ring is 1. The summed E-state index contributed by atoms with van der Waals surface area (Å²) < 4.78 is 1.02. The van der Waals surface area contributed by atoms with Crippen molar-refractivity contribution in [3.63, 3.8) is 0 Å². The molecule has 1 fully saturated rings. The van der Waals surface area contributed by atoms with Crippen LogP contribution < -0.4 is 5.73 Å². The monoisotopic (exact) mass is 365 g/mol. The Kier molecular flexibility index (Phi) is 3.20. The highest BCUT2D eigenvalue weighted by Gasteiger charge is 2.29. The van der Waals surface area contributed by atoms with E-state index >= 15 is 0 Å². The Hall–Kier alpha value is -1.17. The molecule has 4 heteroatoms. The molecule has 0 radical (unpaired) electrons. The average molecular weight is 365 g/mol. The molecule has 1 aliphatic carbocycles. The molecule has 1 aromatic carbocycles. The largest absolute Gasteiger partial charge is 0.383 e. The lowest BCUT2D eigenvalue weighted by atomic mass is 10.0. The smallest absolute Gasteiger partial charge is 0.162 e. The number of benzene rings is 1. The van der Waals surface area contributed by atoms with Crippen LogP contribution in [0.5, 0.6) is 0 Å². The molecule has 0 saturated heterocycles. The molecule has 2 aromatic rings. The van der Waals surface area contributed by atoms with Crippen molar-refractivity contribution in [2.24, 2.45) is 0 Å². The first-order chi connectivity index (χ1) is 9.06. The van der Waals surface area contributed by atoms with Crippen LogP contribution in [0.2, 0.25) is 0 Å². The number of halogens is 1. The van der Waals surface area contributed by atoms with E-state index in [1.54, 1.807) is 0 Å². The standard InChI is InChI=1S/C15H16IN3/c1-8-3-6-11(9(2)7-8)15-18-13(10-4-5-10)12(16)14(17)19-15/h3,6-7,10H,4-5H2,1-2H3,(H2,17,18,19). The van der Waals surface area contributed by atoms with Crippen LogP contribution in [0.25, 0.3) is 11.4 Å². The van der Waals surface area contributed by atoms with E-state index in [1.807, 2.05) is 0 Å². The van der Waals surface area contributed by atoms with Gasteiger partial charge in [0.15, 0.2) is 5.82 Å². The van der Waals surface area contributed by atoms with Crippen LogP contribution in [-0.4, -0.2) is 9.97 Å². The summed E-state index contributed by atoms with van der Waals surface area (Å²) >= 11 is 2.26. The van der Waals surface area contributed by atoms with Crippen LogP contribution in [-0.2, 0) is 0 Å². The molecule has 0 unspecified atom stereocenters. The fourth-order valence-electron chi connectivity index (χ4n) is 2.29. The fraction of sp³-hybridized carbons (Fsp3) is 0.333. The van der Waals surface area contributed by atoms with Crippen molar-refractivity contribution >= 4 is 28.4 Å². The number of anilines is 1. The maximum Gasteiger partial charge on any atom is 0.162 e. The molecule has 19 heavy (non-hydrogen) atoms. The summed E-state index contributed by atoms with van der Waals surface area (Å²) in [5.74, 6) is 1.95. The van der Waals surface area contributed by atoms with Crippen molar-refractivity contribution in [3.05, 3.63) is 38.6 Å². The maximum absolute atomic E-state index is 6.05. The van der Waals surface area contributed by atoms with E-state index in [1.165, 1.54) is 24.0 Å². The minimum absolute atomic E-state index is 0.585. The summed E-state index contributed by atoms with van der Waals surface area (Å²) in [4.78, 5) is 9.22. The minimum Gasteiger partial charge on any atom is -0.383 e. The third-order valence-electron chi connectivity index (χ3n) is 3.49. The summed E-state index contributed by atoms with van der Waals surface area (Å²) in [6.07, 6.45) is 2.44. The van der Waals surface area contributed by atoms with Gasteiger partial charge < -0.3 is 5.73 Å². The average Bonchev–Trinajstić information content (AvgIpc) is 3.17. The van der Waals surface area contributed by atoms with Gasteiger partial charge in [-0.15, -0.1) is 0 Å². The Morgan fingerprint density at radius 2 is 1.95 bits per heavy atom. The molecular weight excluding hydrogens is 349 g/mol. The summed E-state index contributed by atoms with van der Waals surface area (Å²) in [5.41, 5.74) is 10.7. The number of hydrogen-bond donors (Lipinski definition) is 1. The highest BCUT2D eigenvalue weighted by Crippen LogP contribution is 2.42. The minimum atomic E-state index is 0.585. The van der Waals surface area contributed by atoms with Crippen LogP contribution in [0.15, 0.2) is 18.2 Å². The number of nitrogens with zero attached hydrogens (tertiary/aromatic N) is 2. The predicted molar refractivity (Wildman–Crippen MR) is 86.0 cm³/mol. The molecule has 3 nitrogen and oxygen atoms in total. The van der Waals surface area contributed by atoms with Crippen LogP contribution in [0.1, 0.15) is 35.6 Å². The molecule has 3 rings (SSSR count). The molecule has 0 amide bonds. The maximum atomic E-state index is 6.05. The van der Waals surface area contributed by atoms with E-state index in [-0.39, 0.29) is 0 Å². The van der Waals surface area contributed by atoms with Gasteiger partial charge in [-0.3, -0.25) is 0 Å². The molecule has 0 atom stereocenters. The molecule has 1 saturated carbocycles. The van der Waals surface area contributed by atoms with Crippen molar-refractivity contribution in [3.8, 4) is 11.4 Å². The van der Waals surface area contributed by atoms with Gasteiger partial charge >= 0.3 is 0 Å². The normalized spacial score (nSPS) is 14.7. The molecule has 0 bridgehead atoms. The topological polar surface area (TPSA) is 51.8 Å². The zero-order chi connectivity index (χ0) is 13.6. The van der Waals surface area contributed by atoms with Gasteiger partial charge in [-0.05, 0) is 54.8 Å². The van der Waals surface area contributed by atoms with Gasteiger partial charge in [-0.1, -0.05) is 23.8 Å². The second-order valence-corrected chi connectivity index (χ2v) is 6.30. The highest BCUT2D eigenvalue weighted by molar-refractivity contribution is 14.1. The third-order valence-corrected chi connectivity index (χ3v) is 4.59. The molecular formula is C15H16IN3. The number of aryl methyl sites for hydroxylation is 2. The summed E-state index contributed by atoms with van der Waals surface area (Å²) in [5, 5.41) is 0. The van der Waals surface area contributed by atoms with E-state index in [9.17, 15) is 0 Å². The van der Waals surface area contributed by atoms with Gasteiger partial charge in [0.1, 0.15) is 5.82 Å². The first-order valence-corrected chi connectivity index (χ1v) is 7.54. The van der Waals surface area contributed by atoms with Gasteiger partial charge in [0.05, 0.1) is 9.26 Å². The lowest BCUT2D eigenvalue weighted by molar-refractivity contribution is 0.981. The van der Waals surface area contributed by atoms with Gasteiger partial charge in [0.2, 0.25) is 0 Å². The third kappa shape index (κ3) is 2.45. The number of hydrogen-bond acceptors (Lipinski definition) is 3. The Labute approximate surface area is 126 Å². The van der Waals surface area contributed by atoms with Gasteiger partial charge in [0, 0.05) is 11.5 Å². The molecule has 1 heterocycles. The van der Waals surface area contributed by atoms with Crippen LogP contribution >= 0.6 is 22.6 Å². The molecule has 0 aliphatic heterocycles. The van der Waals surface area contributed by atoms with Crippen molar-refractivity contribution in [1.29, 1.82) is 0 Å². The highest BCUT2D eigenvalue weighted by atomic mass is 127. The Morgan fingerprint density at radius 1 is 1.21 bits per heavy atom. The van der Waals surface area contributed by atoms with Crippen LogP contribution in [0.3, 0.4) is 0 Å². The molecule has 2 N–H and O–H groups in total. The summed E-state index contributed by atoms with van der Waals surface area (Å²) in [6.45, 7) is 4.19. The van der Waals surface area contributed by atoms with E-state index < -0.39 is 0 Å². The Balaban J connectivity index is 2.14.